The molecule has 0 bridgehead atoms. The zero-order valence-electron chi connectivity index (χ0n) is 12.7. The first-order valence-corrected chi connectivity index (χ1v) is 8.89. The Balaban J connectivity index is 2.48. The van der Waals surface area contributed by atoms with Crippen molar-refractivity contribution in [3.05, 3.63) is 32.8 Å². The number of nitrogens with zero attached hydrogens (tertiary/aromatic N) is 2. The van der Waals surface area contributed by atoms with E-state index >= 15 is 0 Å². The fourth-order valence-corrected chi connectivity index (χ4v) is 4.94. The zero-order chi connectivity index (χ0) is 16.7. The Bertz CT molecular complexity index is 695. The quantitative estimate of drug-likeness (QED) is 0.621. The van der Waals surface area contributed by atoms with E-state index in [9.17, 15) is 18.5 Å². The fourth-order valence-electron chi connectivity index (χ4n) is 2.93. The fraction of sp³-hybridized carbons (Fsp3) is 0.571. The second-order valence-corrected chi connectivity index (χ2v) is 8.42. The summed E-state index contributed by atoms with van der Waals surface area (Å²) < 4.78 is 26.9. The maximum absolute atomic E-state index is 12.8. The number of sulfonamides is 1. The number of benzene rings is 1. The zero-order valence-corrected chi connectivity index (χ0v) is 14.3. The predicted molar refractivity (Wildman–Crippen MR) is 84.5 cm³/mol. The molecule has 8 heteroatoms. The van der Waals surface area contributed by atoms with E-state index in [-0.39, 0.29) is 33.0 Å². The summed E-state index contributed by atoms with van der Waals surface area (Å²) in [4.78, 5) is 10.3. The molecule has 0 unspecified atom stereocenters. The van der Waals surface area contributed by atoms with Crippen LogP contribution < -0.4 is 0 Å². The molecule has 1 aliphatic heterocycles. The summed E-state index contributed by atoms with van der Waals surface area (Å²) in [6, 6.07) is 2.39. The molecule has 22 heavy (non-hydrogen) atoms. The molecule has 0 amide bonds. The van der Waals surface area contributed by atoms with Gasteiger partial charge >= 0.3 is 0 Å². The number of hydrogen-bond donors (Lipinski definition) is 0. The van der Waals surface area contributed by atoms with Crippen LogP contribution in [0.1, 0.15) is 25.8 Å². The maximum Gasteiger partial charge on any atom is 0.275 e. The van der Waals surface area contributed by atoms with Gasteiger partial charge in [-0.05, 0) is 31.2 Å². The first-order chi connectivity index (χ1) is 10.1. The van der Waals surface area contributed by atoms with Crippen LogP contribution in [0.3, 0.4) is 0 Å². The Morgan fingerprint density at radius 1 is 1.27 bits per heavy atom. The van der Waals surface area contributed by atoms with Gasteiger partial charge in [0.25, 0.3) is 5.69 Å². The van der Waals surface area contributed by atoms with E-state index in [1.807, 2.05) is 13.8 Å². The summed E-state index contributed by atoms with van der Waals surface area (Å²) in [5.41, 5.74) is -0.00446. The SMILES string of the molecule is Cc1c(Cl)cc(S(=O)(=O)N2C[C@H](C)C[C@H](C)C2)cc1[N+](=O)[O-]. The highest BCUT2D eigenvalue weighted by Crippen LogP contribution is 2.33. The summed E-state index contributed by atoms with van der Waals surface area (Å²) in [6.07, 6.45) is 0.973. The summed E-state index contributed by atoms with van der Waals surface area (Å²) in [7, 11) is -3.78. The maximum atomic E-state index is 12.8. The highest BCUT2D eigenvalue weighted by Gasteiger charge is 2.33. The third kappa shape index (κ3) is 3.26. The molecule has 6 nitrogen and oxygen atoms in total. The molecule has 122 valence electrons. The average Bonchev–Trinajstić information content (AvgIpc) is 2.40. The standard InChI is InChI=1S/C14H19ClN2O4S/c1-9-4-10(2)8-16(7-9)22(20,21)12-5-13(15)11(3)14(6-12)17(18)19/h5-6,9-10H,4,7-8H2,1-3H3/t9-,10+. The van der Waals surface area contributed by atoms with Crippen LogP contribution in [0.5, 0.6) is 0 Å². The smallest absolute Gasteiger partial charge is 0.258 e. The molecule has 1 aromatic rings. The third-order valence-corrected chi connectivity index (χ3v) is 6.16. The lowest BCUT2D eigenvalue weighted by atomic mass is 9.94. The van der Waals surface area contributed by atoms with Gasteiger partial charge in [-0.3, -0.25) is 10.1 Å². The molecule has 0 spiro atoms. The molecule has 0 N–H and O–H groups in total. The van der Waals surface area contributed by atoms with Crippen molar-refractivity contribution in [3.63, 3.8) is 0 Å². The first kappa shape index (κ1) is 17.2. The molecule has 1 fully saturated rings. The minimum Gasteiger partial charge on any atom is -0.258 e. The Morgan fingerprint density at radius 2 is 1.82 bits per heavy atom. The molecule has 1 aromatic carbocycles. The summed E-state index contributed by atoms with van der Waals surface area (Å²) >= 11 is 5.98. The van der Waals surface area contributed by atoms with Crippen molar-refractivity contribution < 1.29 is 13.3 Å². The minimum absolute atomic E-state index is 0.0888. The molecule has 2 atom stereocenters. The van der Waals surface area contributed by atoms with E-state index in [0.717, 1.165) is 12.5 Å². The third-order valence-electron chi connectivity index (χ3n) is 3.96. The summed E-state index contributed by atoms with van der Waals surface area (Å²) in [6.45, 7) is 6.35. The van der Waals surface area contributed by atoms with E-state index in [2.05, 4.69) is 0 Å². The van der Waals surface area contributed by atoms with Crippen LogP contribution in [-0.2, 0) is 10.0 Å². The topological polar surface area (TPSA) is 80.5 Å². The Kier molecular flexibility index (Phi) is 4.79. The Hall–Kier alpha value is -1.18. The van der Waals surface area contributed by atoms with Crippen molar-refractivity contribution in [2.75, 3.05) is 13.1 Å². The highest BCUT2D eigenvalue weighted by molar-refractivity contribution is 7.89. The van der Waals surface area contributed by atoms with Gasteiger partial charge in [0.15, 0.2) is 0 Å². The van der Waals surface area contributed by atoms with E-state index in [1.165, 1.54) is 17.3 Å². The lowest BCUT2D eigenvalue weighted by Crippen LogP contribution is -2.42. The molecular formula is C14H19ClN2O4S. The number of hydrogen-bond acceptors (Lipinski definition) is 4. The van der Waals surface area contributed by atoms with E-state index in [4.69, 9.17) is 11.6 Å². The number of piperidine rings is 1. The van der Waals surface area contributed by atoms with Crippen molar-refractivity contribution in [2.24, 2.45) is 11.8 Å². The molecule has 0 saturated carbocycles. The largest absolute Gasteiger partial charge is 0.275 e. The number of nitro benzene ring substituents is 1. The number of halogens is 1. The van der Waals surface area contributed by atoms with Crippen molar-refractivity contribution >= 4 is 27.3 Å². The van der Waals surface area contributed by atoms with Gasteiger partial charge in [-0.2, -0.15) is 4.31 Å². The monoisotopic (exact) mass is 346 g/mol. The Morgan fingerprint density at radius 3 is 2.32 bits per heavy atom. The second-order valence-electron chi connectivity index (χ2n) is 6.07. The molecular weight excluding hydrogens is 328 g/mol. The Labute approximate surface area is 135 Å². The van der Waals surface area contributed by atoms with E-state index < -0.39 is 14.9 Å². The normalized spacial score (nSPS) is 23.5. The second kappa shape index (κ2) is 6.14. The van der Waals surface area contributed by atoms with Crippen molar-refractivity contribution in [1.82, 2.24) is 4.31 Å². The summed E-state index contributed by atoms with van der Waals surface area (Å²) in [5.74, 6) is 0.517. The van der Waals surface area contributed by atoms with Crippen LogP contribution in [0.4, 0.5) is 5.69 Å². The van der Waals surface area contributed by atoms with Crippen LogP contribution >= 0.6 is 11.6 Å². The van der Waals surface area contributed by atoms with Crippen LogP contribution in [0.2, 0.25) is 5.02 Å². The van der Waals surface area contributed by atoms with Gasteiger partial charge in [-0.25, -0.2) is 8.42 Å². The van der Waals surface area contributed by atoms with Gasteiger partial charge in [0.05, 0.1) is 14.8 Å². The lowest BCUT2D eigenvalue weighted by molar-refractivity contribution is -0.385. The van der Waals surface area contributed by atoms with E-state index in [1.54, 1.807) is 0 Å². The first-order valence-electron chi connectivity index (χ1n) is 7.07. The molecule has 2 rings (SSSR count). The molecule has 1 aliphatic rings. The van der Waals surface area contributed by atoms with Crippen LogP contribution in [0.15, 0.2) is 17.0 Å². The van der Waals surface area contributed by atoms with Gasteiger partial charge in [0, 0.05) is 24.7 Å². The molecule has 1 heterocycles. The van der Waals surface area contributed by atoms with Gasteiger partial charge < -0.3 is 0 Å². The van der Waals surface area contributed by atoms with Crippen LogP contribution in [-0.4, -0.2) is 30.7 Å². The van der Waals surface area contributed by atoms with Crippen molar-refractivity contribution in [2.45, 2.75) is 32.1 Å². The lowest BCUT2D eigenvalue weighted by Gasteiger charge is -2.34. The van der Waals surface area contributed by atoms with Gasteiger partial charge in [-0.1, -0.05) is 25.4 Å². The van der Waals surface area contributed by atoms with E-state index in [0.29, 0.717) is 13.1 Å². The number of rotatable bonds is 3. The molecule has 0 radical (unpaired) electrons. The van der Waals surface area contributed by atoms with Crippen LogP contribution in [0, 0.1) is 28.9 Å². The van der Waals surface area contributed by atoms with Gasteiger partial charge in [-0.15, -0.1) is 0 Å². The van der Waals surface area contributed by atoms with Crippen molar-refractivity contribution in [3.8, 4) is 0 Å². The molecule has 1 saturated heterocycles. The van der Waals surface area contributed by atoms with Crippen LogP contribution in [0.25, 0.3) is 0 Å². The van der Waals surface area contributed by atoms with Crippen molar-refractivity contribution in [1.29, 1.82) is 0 Å². The van der Waals surface area contributed by atoms with Gasteiger partial charge in [0.2, 0.25) is 10.0 Å². The average molecular weight is 347 g/mol. The highest BCUT2D eigenvalue weighted by atomic mass is 35.5. The molecule has 0 aromatic heterocycles. The minimum atomic E-state index is -3.78. The number of nitro groups is 1. The predicted octanol–water partition coefficient (Wildman–Crippen LogP) is 3.22. The van der Waals surface area contributed by atoms with Gasteiger partial charge in [0.1, 0.15) is 0 Å². The summed E-state index contributed by atoms with van der Waals surface area (Å²) in [5, 5.41) is 11.2. The molecule has 0 aliphatic carbocycles.